The van der Waals surface area contributed by atoms with Gasteiger partial charge in [-0.1, -0.05) is 0 Å². The largest absolute Gasteiger partial charge is 0.494 e. The highest BCUT2D eigenvalue weighted by Crippen LogP contribution is 2.33. The quantitative estimate of drug-likeness (QED) is 0.511. The van der Waals surface area contributed by atoms with Gasteiger partial charge < -0.3 is 19.5 Å². The zero-order valence-corrected chi connectivity index (χ0v) is 17.7. The van der Waals surface area contributed by atoms with Gasteiger partial charge in [0.25, 0.3) is 5.88 Å². The Morgan fingerprint density at radius 1 is 1.09 bits per heavy atom. The molecule has 0 bridgehead atoms. The predicted octanol–water partition coefficient (Wildman–Crippen LogP) is 3.75. The number of aromatic nitrogens is 4. The summed E-state index contributed by atoms with van der Waals surface area (Å²) in [5.41, 5.74) is 2.76. The van der Waals surface area contributed by atoms with Crippen LogP contribution in [0.5, 0.6) is 17.5 Å². The molecule has 1 fully saturated rings. The van der Waals surface area contributed by atoms with Crippen LogP contribution in [-0.4, -0.2) is 58.1 Å². The molecule has 9 heteroatoms. The van der Waals surface area contributed by atoms with Gasteiger partial charge in [0.2, 0.25) is 5.88 Å². The topological polar surface area (TPSA) is 85.5 Å². The molecule has 4 aromatic rings. The Morgan fingerprint density at radius 3 is 2.66 bits per heavy atom. The van der Waals surface area contributed by atoms with Crippen molar-refractivity contribution < 1.29 is 19.0 Å². The molecule has 5 rings (SSSR count). The third kappa shape index (κ3) is 3.45. The lowest BCUT2D eigenvalue weighted by atomic mass is 10.1. The molecule has 0 aromatic carbocycles. The van der Waals surface area contributed by atoms with Crippen molar-refractivity contribution in [1.82, 2.24) is 19.5 Å². The molecule has 0 amide bonds. The van der Waals surface area contributed by atoms with Gasteiger partial charge in [-0.25, -0.2) is 19.3 Å². The SMILES string of the molecule is COc1cc(-c2ccc3c(O)n(-c4ccc(N5CCC(F)C5)nc4)cc3n2)cnc1OC. The molecule has 1 unspecified atom stereocenters. The number of methoxy groups -OCH3 is 2. The minimum absolute atomic E-state index is 0.0732. The molecule has 1 saturated heterocycles. The Hall–Kier alpha value is -3.88. The third-order valence-corrected chi connectivity index (χ3v) is 5.64. The number of halogens is 1. The molecule has 0 saturated carbocycles. The van der Waals surface area contributed by atoms with Crippen LogP contribution in [0, 0.1) is 0 Å². The number of nitrogens with zero attached hydrogens (tertiary/aromatic N) is 5. The highest BCUT2D eigenvalue weighted by atomic mass is 19.1. The number of rotatable bonds is 5. The van der Waals surface area contributed by atoms with Gasteiger partial charge >= 0.3 is 0 Å². The monoisotopic (exact) mass is 435 g/mol. The summed E-state index contributed by atoms with van der Waals surface area (Å²) in [6, 6.07) is 9.13. The van der Waals surface area contributed by atoms with Crippen LogP contribution in [0.3, 0.4) is 0 Å². The van der Waals surface area contributed by atoms with Crippen molar-refractivity contribution in [3.63, 3.8) is 0 Å². The molecular weight excluding hydrogens is 413 g/mol. The van der Waals surface area contributed by atoms with Gasteiger partial charge in [-0.3, -0.25) is 4.57 Å². The molecule has 164 valence electrons. The molecule has 32 heavy (non-hydrogen) atoms. The maximum Gasteiger partial charge on any atom is 0.256 e. The van der Waals surface area contributed by atoms with E-state index in [9.17, 15) is 9.50 Å². The highest BCUT2D eigenvalue weighted by Gasteiger charge is 2.23. The van der Waals surface area contributed by atoms with Crippen molar-refractivity contribution in [3.05, 3.63) is 48.9 Å². The second-order valence-corrected chi connectivity index (χ2v) is 7.59. The van der Waals surface area contributed by atoms with E-state index in [4.69, 9.17) is 9.47 Å². The van der Waals surface area contributed by atoms with E-state index in [1.807, 2.05) is 29.2 Å². The molecule has 5 heterocycles. The first-order valence-corrected chi connectivity index (χ1v) is 10.2. The summed E-state index contributed by atoms with van der Waals surface area (Å²) in [5.74, 6) is 1.71. The van der Waals surface area contributed by atoms with Gasteiger partial charge in [0.15, 0.2) is 5.75 Å². The number of aromatic hydroxyl groups is 1. The first-order chi connectivity index (χ1) is 15.6. The van der Waals surface area contributed by atoms with Gasteiger partial charge in [-0.2, -0.15) is 0 Å². The van der Waals surface area contributed by atoms with Crippen molar-refractivity contribution in [3.8, 4) is 34.5 Å². The van der Waals surface area contributed by atoms with E-state index in [-0.39, 0.29) is 5.88 Å². The molecule has 1 aliphatic rings. The maximum absolute atomic E-state index is 13.5. The molecule has 0 radical (unpaired) electrons. The number of ether oxygens (including phenoxy) is 2. The normalized spacial score (nSPS) is 16.0. The molecule has 1 N–H and O–H groups in total. The van der Waals surface area contributed by atoms with Crippen LogP contribution >= 0.6 is 0 Å². The standard InChI is InChI=1S/C23H22FN5O3/c1-31-20-9-14(10-26-22(20)32-2)18-5-4-17-19(27-18)13-29(23(17)30)16-3-6-21(25-11-16)28-8-7-15(24)12-28/h3-6,9-11,13,15,30H,7-8,12H2,1-2H3. The molecule has 8 nitrogen and oxygen atoms in total. The van der Waals surface area contributed by atoms with Crippen LogP contribution in [0.4, 0.5) is 10.2 Å². The Kier molecular flexibility index (Phi) is 5.01. The maximum atomic E-state index is 13.5. The first-order valence-electron chi connectivity index (χ1n) is 10.2. The van der Waals surface area contributed by atoms with E-state index in [0.29, 0.717) is 53.4 Å². The lowest BCUT2D eigenvalue weighted by molar-refractivity contribution is 0.343. The van der Waals surface area contributed by atoms with Crippen molar-refractivity contribution in [2.45, 2.75) is 12.6 Å². The fraction of sp³-hybridized carbons (Fsp3) is 0.261. The van der Waals surface area contributed by atoms with Gasteiger partial charge in [0, 0.05) is 24.5 Å². The summed E-state index contributed by atoms with van der Waals surface area (Å²) in [6.07, 6.45) is 4.80. The van der Waals surface area contributed by atoms with Crippen LogP contribution in [0.25, 0.3) is 27.8 Å². The summed E-state index contributed by atoms with van der Waals surface area (Å²) in [7, 11) is 3.08. The van der Waals surface area contributed by atoms with Crippen molar-refractivity contribution >= 4 is 16.7 Å². The Balaban J connectivity index is 1.48. The van der Waals surface area contributed by atoms with Crippen molar-refractivity contribution in [1.29, 1.82) is 0 Å². The van der Waals surface area contributed by atoms with Crippen molar-refractivity contribution in [2.75, 3.05) is 32.2 Å². The lowest BCUT2D eigenvalue weighted by Gasteiger charge is -2.16. The molecule has 1 atom stereocenters. The van der Waals surface area contributed by atoms with Crippen LogP contribution in [0.15, 0.2) is 48.9 Å². The number of hydrogen-bond donors (Lipinski definition) is 1. The fourth-order valence-corrected chi connectivity index (χ4v) is 3.94. The molecular formula is C23H22FN5O3. The summed E-state index contributed by atoms with van der Waals surface area (Å²) in [6.45, 7) is 1.02. The van der Waals surface area contributed by atoms with Crippen LogP contribution < -0.4 is 14.4 Å². The van der Waals surface area contributed by atoms with Crippen LogP contribution in [0.1, 0.15) is 6.42 Å². The Bertz CT molecular complexity index is 1270. The van der Waals surface area contributed by atoms with Crippen LogP contribution in [-0.2, 0) is 0 Å². The van der Waals surface area contributed by atoms with E-state index < -0.39 is 6.17 Å². The Morgan fingerprint density at radius 2 is 1.97 bits per heavy atom. The second kappa shape index (κ2) is 7.99. The molecule has 0 aliphatic carbocycles. The lowest BCUT2D eigenvalue weighted by Crippen LogP contribution is -2.20. The number of anilines is 1. The predicted molar refractivity (Wildman–Crippen MR) is 119 cm³/mol. The Labute approximate surface area is 183 Å². The molecule has 0 spiro atoms. The molecule has 4 aromatic heterocycles. The number of fused-ring (bicyclic) bond motifs is 1. The highest BCUT2D eigenvalue weighted by molar-refractivity contribution is 5.87. The van der Waals surface area contributed by atoms with E-state index >= 15 is 0 Å². The molecule has 1 aliphatic heterocycles. The summed E-state index contributed by atoms with van der Waals surface area (Å²) in [5, 5.41) is 11.4. The van der Waals surface area contributed by atoms with Gasteiger partial charge in [0.05, 0.1) is 49.2 Å². The number of alkyl halides is 1. The first kappa shape index (κ1) is 20.0. The van der Waals surface area contributed by atoms with Gasteiger partial charge in [-0.15, -0.1) is 0 Å². The summed E-state index contributed by atoms with van der Waals surface area (Å²) < 4.78 is 25.6. The van der Waals surface area contributed by atoms with Crippen molar-refractivity contribution in [2.24, 2.45) is 0 Å². The number of pyridine rings is 3. The average molecular weight is 435 g/mol. The smallest absolute Gasteiger partial charge is 0.256 e. The van der Waals surface area contributed by atoms with E-state index in [0.717, 1.165) is 11.4 Å². The average Bonchev–Trinajstić information content (AvgIpc) is 3.41. The third-order valence-electron chi connectivity index (χ3n) is 5.64. The van der Waals surface area contributed by atoms with E-state index in [1.54, 1.807) is 36.3 Å². The van der Waals surface area contributed by atoms with Crippen LogP contribution in [0.2, 0.25) is 0 Å². The van der Waals surface area contributed by atoms with Gasteiger partial charge in [0.1, 0.15) is 12.0 Å². The minimum atomic E-state index is -0.809. The second-order valence-electron chi connectivity index (χ2n) is 7.59. The zero-order chi connectivity index (χ0) is 22.2. The van der Waals surface area contributed by atoms with E-state index in [2.05, 4.69) is 15.0 Å². The van der Waals surface area contributed by atoms with Gasteiger partial charge in [-0.05, 0) is 36.8 Å². The van der Waals surface area contributed by atoms with E-state index in [1.165, 1.54) is 7.11 Å². The number of hydrogen-bond acceptors (Lipinski definition) is 7. The summed E-state index contributed by atoms with van der Waals surface area (Å²) >= 11 is 0. The summed E-state index contributed by atoms with van der Waals surface area (Å²) in [4.78, 5) is 15.3. The zero-order valence-electron chi connectivity index (χ0n) is 17.7. The minimum Gasteiger partial charge on any atom is -0.494 e. The fourth-order valence-electron chi connectivity index (χ4n) is 3.94.